The van der Waals surface area contributed by atoms with Crippen LogP contribution in [0.3, 0.4) is 0 Å². The summed E-state index contributed by atoms with van der Waals surface area (Å²) in [5, 5.41) is 5.00. The van der Waals surface area contributed by atoms with Crippen molar-refractivity contribution >= 4 is 16.8 Å². The van der Waals surface area contributed by atoms with Gasteiger partial charge in [0.05, 0.1) is 6.54 Å². The van der Waals surface area contributed by atoms with Gasteiger partial charge >= 0.3 is 5.63 Å². The first-order chi connectivity index (χ1) is 11.5. The van der Waals surface area contributed by atoms with Crippen molar-refractivity contribution in [3.8, 4) is 5.75 Å². The fraction of sp³-hybridized carbons (Fsp3) is 0.333. The molecule has 1 aliphatic rings. The molecule has 0 radical (unpaired) electrons. The van der Waals surface area contributed by atoms with Crippen LogP contribution in [0.5, 0.6) is 5.75 Å². The van der Waals surface area contributed by atoms with Crippen molar-refractivity contribution in [2.45, 2.75) is 34.2 Å². The fourth-order valence-electron chi connectivity index (χ4n) is 3.15. The summed E-state index contributed by atoms with van der Waals surface area (Å²) in [4.78, 5) is 14.0. The molecule has 4 rings (SSSR count). The first-order valence-electron chi connectivity index (χ1n) is 7.83. The standard InChI is InChI=1S/C18H18N2O4/c1-9-5-15(19-24-9)20-7-13-6-14-10(2)11(3)18(21)23-17(14)12(4)16(13)22-8-20/h5-6H,7-8H2,1-4H3. The Morgan fingerprint density at radius 3 is 2.58 bits per heavy atom. The van der Waals surface area contributed by atoms with Gasteiger partial charge in [-0.15, -0.1) is 0 Å². The number of fused-ring (bicyclic) bond motifs is 2. The Morgan fingerprint density at radius 2 is 1.88 bits per heavy atom. The zero-order chi connectivity index (χ0) is 17.0. The lowest BCUT2D eigenvalue weighted by atomic mass is 9.99. The molecule has 0 saturated carbocycles. The minimum absolute atomic E-state index is 0.293. The highest BCUT2D eigenvalue weighted by molar-refractivity contribution is 5.87. The largest absolute Gasteiger partial charge is 0.472 e. The summed E-state index contributed by atoms with van der Waals surface area (Å²) in [5.41, 5.74) is 3.80. The van der Waals surface area contributed by atoms with Crippen LogP contribution >= 0.6 is 0 Å². The van der Waals surface area contributed by atoms with Crippen molar-refractivity contribution in [3.05, 3.63) is 50.6 Å². The van der Waals surface area contributed by atoms with Crippen LogP contribution in [0, 0.1) is 27.7 Å². The van der Waals surface area contributed by atoms with Crippen molar-refractivity contribution in [1.82, 2.24) is 5.16 Å². The van der Waals surface area contributed by atoms with E-state index < -0.39 is 0 Å². The second-order valence-electron chi connectivity index (χ2n) is 6.27. The van der Waals surface area contributed by atoms with E-state index >= 15 is 0 Å². The van der Waals surface area contributed by atoms with E-state index in [9.17, 15) is 4.79 Å². The van der Waals surface area contributed by atoms with Gasteiger partial charge in [-0.3, -0.25) is 0 Å². The van der Waals surface area contributed by atoms with E-state index in [1.54, 1.807) is 6.92 Å². The minimum Gasteiger partial charge on any atom is -0.472 e. The second-order valence-corrected chi connectivity index (χ2v) is 6.27. The number of hydrogen-bond acceptors (Lipinski definition) is 6. The highest BCUT2D eigenvalue weighted by Gasteiger charge is 2.24. The predicted octanol–water partition coefficient (Wildman–Crippen LogP) is 3.37. The Bertz CT molecular complexity index is 1020. The Labute approximate surface area is 138 Å². The van der Waals surface area contributed by atoms with Gasteiger partial charge in [-0.1, -0.05) is 5.16 Å². The predicted molar refractivity (Wildman–Crippen MR) is 89.6 cm³/mol. The maximum atomic E-state index is 12.0. The van der Waals surface area contributed by atoms with E-state index in [4.69, 9.17) is 13.7 Å². The van der Waals surface area contributed by atoms with Crippen LogP contribution in [0.1, 0.15) is 28.0 Å². The van der Waals surface area contributed by atoms with E-state index in [-0.39, 0.29) is 5.63 Å². The topological polar surface area (TPSA) is 68.7 Å². The molecule has 1 aliphatic heterocycles. The van der Waals surface area contributed by atoms with Gasteiger partial charge in [-0.05, 0) is 39.3 Å². The van der Waals surface area contributed by atoms with Gasteiger partial charge in [-0.25, -0.2) is 4.79 Å². The van der Waals surface area contributed by atoms with Crippen LogP contribution in [0.4, 0.5) is 5.82 Å². The van der Waals surface area contributed by atoms with Gasteiger partial charge in [-0.2, -0.15) is 0 Å². The zero-order valence-electron chi connectivity index (χ0n) is 14.1. The molecule has 0 bridgehead atoms. The van der Waals surface area contributed by atoms with Crippen LogP contribution in [0.2, 0.25) is 0 Å². The molecule has 0 aliphatic carbocycles. The second kappa shape index (κ2) is 5.12. The fourth-order valence-corrected chi connectivity index (χ4v) is 3.15. The van der Waals surface area contributed by atoms with E-state index in [0.717, 1.165) is 39.4 Å². The van der Waals surface area contributed by atoms with Crippen LogP contribution in [-0.4, -0.2) is 11.9 Å². The molecule has 6 heteroatoms. The SMILES string of the molecule is Cc1cc(N2COc3c(cc4c(C)c(C)c(=O)oc4c3C)C2)no1. The normalized spacial score (nSPS) is 13.9. The molecule has 0 saturated heterocycles. The lowest BCUT2D eigenvalue weighted by molar-refractivity contribution is 0.283. The van der Waals surface area contributed by atoms with Gasteiger partial charge in [0.15, 0.2) is 12.5 Å². The van der Waals surface area contributed by atoms with Crippen LogP contribution in [-0.2, 0) is 6.54 Å². The van der Waals surface area contributed by atoms with Gasteiger partial charge < -0.3 is 18.6 Å². The maximum Gasteiger partial charge on any atom is 0.339 e. The smallest absolute Gasteiger partial charge is 0.339 e. The summed E-state index contributed by atoms with van der Waals surface area (Å²) in [7, 11) is 0. The highest BCUT2D eigenvalue weighted by Crippen LogP contribution is 2.37. The summed E-state index contributed by atoms with van der Waals surface area (Å²) in [6, 6.07) is 3.93. The highest BCUT2D eigenvalue weighted by atomic mass is 16.5. The number of benzene rings is 1. The molecule has 24 heavy (non-hydrogen) atoms. The Morgan fingerprint density at radius 1 is 1.08 bits per heavy atom. The molecule has 0 fully saturated rings. The van der Waals surface area contributed by atoms with Gasteiger partial charge in [0, 0.05) is 28.1 Å². The zero-order valence-corrected chi connectivity index (χ0v) is 14.1. The van der Waals surface area contributed by atoms with Crippen molar-refractivity contribution < 1.29 is 13.7 Å². The third-order valence-corrected chi connectivity index (χ3v) is 4.67. The molecular weight excluding hydrogens is 308 g/mol. The number of ether oxygens (including phenoxy) is 1. The summed E-state index contributed by atoms with van der Waals surface area (Å²) in [5.74, 6) is 2.30. The average Bonchev–Trinajstić information content (AvgIpc) is 3.00. The first-order valence-corrected chi connectivity index (χ1v) is 7.83. The summed E-state index contributed by atoms with van der Waals surface area (Å²) in [6.07, 6.45) is 0. The van der Waals surface area contributed by atoms with E-state index in [2.05, 4.69) is 5.16 Å². The summed E-state index contributed by atoms with van der Waals surface area (Å²) >= 11 is 0. The van der Waals surface area contributed by atoms with Gasteiger partial charge in [0.25, 0.3) is 0 Å². The number of anilines is 1. The Kier molecular flexibility index (Phi) is 3.16. The summed E-state index contributed by atoms with van der Waals surface area (Å²) < 4.78 is 16.6. The molecule has 0 amide bonds. The third kappa shape index (κ3) is 2.10. The lowest BCUT2D eigenvalue weighted by Gasteiger charge is -2.30. The molecule has 3 aromatic rings. The molecular formula is C18H18N2O4. The molecule has 6 nitrogen and oxygen atoms in total. The molecule has 2 aromatic heterocycles. The monoisotopic (exact) mass is 326 g/mol. The van der Waals surface area contributed by atoms with Gasteiger partial charge in [0.1, 0.15) is 17.1 Å². The molecule has 0 N–H and O–H groups in total. The Hall–Kier alpha value is -2.76. The third-order valence-electron chi connectivity index (χ3n) is 4.67. The van der Waals surface area contributed by atoms with Crippen molar-refractivity contribution in [2.24, 2.45) is 0 Å². The number of aromatic nitrogens is 1. The number of rotatable bonds is 1. The molecule has 0 unspecified atom stereocenters. The summed E-state index contributed by atoms with van der Waals surface area (Å²) in [6.45, 7) is 8.56. The number of nitrogens with zero attached hydrogens (tertiary/aromatic N) is 2. The van der Waals surface area contributed by atoms with Crippen molar-refractivity contribution in [2.75, 3.05) is 11.6 Å². The van der Waals surface area contributed by atoms with Crippen molar-refractivity contribution in [1.29, 1.82) is 0 Å². The quantitative estimate of drug-likeness (QED) is 0.639. The Balaban J connectivity index is 1.87. The molecule has 0 atom stereocenters. The van der Waals surface area contributed by atoms with E-state index in [1.165, 1.54) is 0 Å². The molecule has 1 aromatic carbocycles. The van der Waals surface area contributed by atoms with Crippen LogP contribution in [0.25, 0.3) is 11.0 Å². The number of aryl methyl sites for hydroxylation is 3. The number of hydrogen-bond donors (Lipinski definition) is 0. The first kappa shape index (κ1) is 14.8. The van der Waals surface area contributed by atoms with Crippen molar-refractivity contribution in [3.63, 3.8) is 0 Å². The van der Waals surface area contributed by atoms with Crippen LogP contribution < -0.4 is 15.3 Å². The maximum absolute atomic E-state index is 12.0. The molecule has 124 valence electrons. The lowest BCUT2D eigenvalue weighted by Crippen LogP contribution is -2.32. The average molecular weight is 326 g/mol. The minimum atomic E-state index is -0.293. The van der Waals surface area contributed by atoms with Crippen LogP contribution in [0.15, 0.2) is 25.9 Å². The van der Waals surface area contributed by atoms with E-state index in [0.29, 0.717) is 24.4 Å². The van der Waals surface area contributed by atoms with E-state index in [1.807, 2.05) is 37.8 Å². The van der Waals surface area contributed by atoms with Gasteiger partial charge in [0.2, 0.25) is 0 Å². The molecule has 3 heterocycles. The molecule has 0 spiro atoms.